The van der Waals surface area contributed by atoms with Crippen LogP contribution >= 0.6 is 23.5 Å². The predicted octanol–water partition coefficient (Wildman–Crippen LogP) is 2.00. The zero-order chi connectivity index (χ0) is 11.5. The lowest BCUT2D eigenvalue weighted by molar-refractivity contribution is -0.142. The molecular weight excluding hydrogens is 244 g/mol. The molecule has 1 atom stereocenters. The number of thioether (sulfide) groups is 2. The van der Waals surface area contributed by atoms with E-state index in [2.05, 4.69) is 4.74 Å². The van der Waals surface area contributed by atoms with Crippen molar-refractivity contribution in [2.75, 3.05) is 12.9 Å². The van der Waals surface area contributed by atoms with Gasteiger partial charge in [-0.25, -0.2) is 0 Å². The third-order valence-corrected chi connectivity index (χ3v) is 4.70. The minimum atomic E-state index is -0.721. The molecule has 0 saturated carbocycles. The van der Waals surface area contributed by atoms with E-state index in [4.69, 9.17) is 0 Å². The first-order chi connectivity index (χ1) is 7.72. The number of benzene rings is 1. The number of ether oxygens (including phenoxy) is 1. The summed E-state index contributed by atoms with van der Waals surface area (Å²) < 4.78 is 4.64. The first-order valence-corrected chi connectivity index (χ1v) is 6.58. The van der Waals surface area contributed by atoms with E-state index in [1.54, 1.807) is 0 Å². The maximum atomic E-state index is 11.7. The van der Waals surface area contributed by atoms with E-state index < -0.39 is 11.2 Å². The normalized spacial score (nSPS) is 19.8. The van der Waals surface area contributed by atoms with Gasteiger partial charge in [0.25, 0.3) is 0 Å². The molecule has 0 bridgehead atoms. The average molecular weight is 254 g/mol. The summed E-state index contributed by atoms with van der Waals surface area (Å²) >= 11 is 2.74. The van der Waals surface area contributed by atoms with Crippen molar-refractivity contribution in [3.8, 4) is 0 Å². The highest BCUT2D eigenvalue weighted by Gasteiger charge is 2.31. The van der Waals surface area contributed by atoms with Crippen LogP contribution in [-0.4, -0.2) is 29.9 Å². The van der Waals surface area contributed by atoms with Crippen molar-refractivity contribution in [3.63, 3.8) is 0 Å². The molecule has 1 aliphatic rings. The zero-order valence-electron chi connectivity index (χ0n) is 8.64. The summed E-state index contributed by atoms with van der Waals surface area (Å²) in [5, 5.41) is -0.721. The fourth-order valence-electron chi connectivity index (χ4n) is 1.37. The fourth-order valence-corrected chi connectivity index (χ4v) is 3.65. The van der Waals surface area contributed by atoms with E-state index in [0.29, 0.717) is 5.75 Å². The van der Waals surface area contributed by atoms with E-state index in [9.17, 15) is 9.59 Å². The lowest BCUT2D eigenvalue weighted by Crippen LogP contribution is -2.28. The zero-order valence-corrected chi connectivity index (χ0v) is 10.3. The van der Waals surface area contributed by atoms with Gasteiger partial charge in [-0.1, -0.05) is 12.1 Å². The summed E-state index contributed by atoms with van der Waals surface area (Å²) in [6, 6.07) is 7.70. The summed E-state index contributed by atoms with van der Waals surface area (Å²) in [5.41, 5.74) is 0. The van der Waals surface area contributed by atoms with Crippen LogP contribution in [0.2, 0.25) is 0 Å². The second-order valence-corrected chi connectivity index (χ2v) is 5.39. The van der Waals surface area contributed by atoms with Crippen molar-refractivity contribution in [2.45, 2.75) is 15.0 Å². The fraction of sp³-hybridized carbons (Fsp3) is 0.273. The van der Waals surface area contributed by atoms with E-state index in [1.165, 1.54) is 30.6 Å². The number of hydrogen-bond acceptors (Lipinski definition) is 5. The minimum Gasteiger partial charge on any atom is -0.468 e. The topological polar surface area (TPSA) is 43.4 Å². The number of carbonyl (C=O) groups is 2. The van der Waals surface area contributed by atoms with Crippen LogP contribution in [0.1, 0.15) is 0 Å². The van der Waals surface area contributed by atoms with Gasteiger partial charge in [0.1, 0.15) is 0 Å². The number of esters is 1. The standard InChI is InChI=1S/C11H10O3S2/c1-14-11(13)10-7(12)6-15-8-4-2-3-5-9(8)16-10/h2-5,10H,6H2,1H3. The molecule has 0 aromatic heterocycles. The second-order valence-electron chi connectivity index (χ2n) is 3.22. The van der Waals surface area contributed by atoms with Gasteiger partial charge in [-0.3, -0.25) is 9.59 Å². The smallest absolute Gasteiger partial charge is 0.326 e. The van der Waals surface area contributed by atoms with E-state index in [-0.39, 0.29) is 5.78 Å². The Bertz CT molecular complexity index is 431. The van der Waals surface area contributed by atoms with Gasteiger partial charge < -0.3 is 4.74 Å². The maximum Gasteiger partial charge on any atom is 0.326 e. The first kappa shape index (κ1) is 11.5. The van der Waals surface area contributed by atoms with Crippen LogP contribution < -0.4 is 0 Å². The number of rotatable bonds is 1. The molecule has 1 aliphatic heterocycles. The third-order valence-electron chi connectivity index (χ3n) is 2.17. The monoisotopic (exact) mass is 254 g/mol. The van der Waals surface area contributed by atoms with Crippen molar-refractivity contribution in [1.29, 1.82) is 0 Å². The van der Waals surface area contributed by atoms with Gasteiger partial charge in [-0.05, 0) is 12.1 Å². The predicted molar refractivity (Wildman–Crippen MR) is 63.8 cm³/mol. The van der Waals surface area contributed by atoms with Crippen LogP contribution in [0.15, 0.2) is 34.1 Å². The highest BCUT2D eigenvalue weighted by molar-refractivity contribution is 8.05. The maximum absolute atomic E-state index is 11.7. The van der Waals surface area contributed by atoms with Crippen LogP contribution in [0.4, 0.5) is 0 Å². The summed E-state index contributed by atoms with van der Waals surface area (Å²) in [6.45, 7) is 0. The molecule has 0 N–H and O–H groups in total. The second kappa shape index (κ2) is 4.93. The Labute approximate surface area is 102 Å². The number of fused-ring (bicyclic) bond motifs is 1. The molecule has 0 aliphatic carbocycles. The van der Waals surface area contributed by atoms with Crippen LogP contribution in [0.5, 0.6) is 0 Å². The molecule has 0 saturated heterocycles. The highest BCUT2D eigenvalue weighted by Crippen LogP contribution is 2.37. The molecule has 5 heteroatoms. The molecule has 2 rings (SSSR count). The Morgan fingerprint density at radius 2 is 2.06 bits per heavy atom. The summed E-state index contributed by atoms with van der Waals surface area (Å²) in [7, 11) is 1.31. The Morgan fingerprint density at radius 3 is 2.75 bits per heavy atom. The molecule has 1 heterocycles. The van der Waals surface area contributed by atoms with Gasteiger partial charge >= 0.3 is 5.97 Å². The summed E-state index contributed by atoms with van der Waals surface area (Å²) in [5.74, 6) is -0.227. The molecular formula is C11H10O3S2. The van der Waals surface area contributed by atoms with Crippen molar-refractivity contribution < 1.29 is 14.3 Å². The Morgan fingerprint density at radius 1 is 1.38 bits per heavy atom. The molecule has 0 radical (unpaired) electrons. The van der Waals surface area contributed by atoms with Crippen molar-refractivity contribution >= 4 is 35.3 Å². The Hall–Kier alpha value is -0.940. The van der Waals surface area contributed by atoms with Gasteiger partial charge in [0.2, 0.25) is 0 Å². The van der Waals surface area contributed by atoms with E-state index in [0.717, 1.165) is 9.79 Å². The Kier molecular flexibility index (Phi) is 3.56. The van der Waals surface area contributed by atoms with Gasteiger partial charge in [-0.2, -0.15) is 0 Å². The van der Waals surface area contributed by atoms with Crippen LogP contribution in [0.25, 0.3) is 0 Å². The molecule has 0 fully saturated rings. The van der Waals surface area contributed by atoms with Crippen LogP contribution in [0, 0.1) is 0 Å². The lowest BCUT2D eigenvalue weighted by atomic mass is 10.3. The molecule has 1 unspecified atom stereocenters. The lowest BCUT2D eigenvalue weighted by Gasteiger charge is -2.09. The van der Waals surface area contributed by atoms with Crippen molar-refractivity contribution in [3.05, 3.63) is 24.3 Å². The highest BCUT2D eigenvalue weighted by atomic mass is 32.2. The summed E-state index contributed by atoms with van der Waals surface area (Å²) in [4.78, 5) is 25.2. The molecule has 0 amide bonds. The average Bonchev–Trinajstić information content (AvgIpc) is 2.48. The van der Waals surface area contributed by atoms with Gasteiger partial charge in [-0.15, -0.1) is 23.5 Å². The van der Waals surface area contributed by atoms with Gasteiger partial charge in [0.15, 0.2) is 11.0 Å². The molecule has 1 aromatic rings. The third kappa shape index (κ3) is 2.25. The number of hydrogen-bond donors (Lipinski definition) is 0. The SMILES string of the molecule is COC(=O)C1Sc2ccccc2SCC1=O. The number of Topliss-reactive ketones (excluding diaryl/α,β-unsaturated/α-hetero) is 1. The van der Waals surface area contributed by atoms with Gasteiger partial charge in [0, 0.05) is 9.79 Å². The van der Waals surface area contributed by atoms with Gasteiger partial charge in [0.05, 0.1) is 12.9 Å². The quantitative estimate of drug-likeness (QED) is 0.566. The van der Waals surface area contributed by atoms with Crippen LogP contribution in [0.3, 0.4) is 0 Å². The summed E-state index contributed by atoms with van der Waals surface area (Å²) in [6.07, 6.45) is 0. The first-order valence-electron chi connectivity index (χ1n) is 4.71. The molecule has 84 valence electrons. The number of methoxy groups -OCH3 is 1. The molecule has 1 aromatic carbocycles. The van der Waals surface area contributed by atoms with E-state index in [1.807, 2.05) is 24.3 Å². The largest absolute Gasteiger partial charge is 0.468 e. The molecule has 3 nitrogen and oxygen atoms in total. The molecule has 0 spiro atoms. The van der Waals surface area contributed by atoms with E-state index >= 15 is 0 Å². The van der Waals surface area contributed by atoms with Crippen LogP contribution in [-0.2, 0) is 14.3 Å². The Balaban J connectivity index is 2.31. The molecule has 16 heavy (non-hydrogen) atoms. The number of carbonyl (C=O) groups excluding carboxylic acids is 2. The number of ketones is 1. The van der Waals surface area contributed by atoms with Crippen molar-refractivity contribution in [2.24, 2.45) is 0 Å². The van der Waals surface area contributed by atoms with Crippen molar-refractivity contribution in [1.82, 2.24) is 0 Å². The minimum absolute atomic E-state index is 0.0851.